The van der Waals surface area contributed by atoms with Gasteiger partial charge in [-0.05, 0) is 47.9 Å². The van der Waals surface area contributed by atoms with E-state index in [9.17, 15) is 35.9 Å². The lowest BCUT2D eigenvalue weighted by atomic mass is 9.83. The van der Waals surface area contributed by atoms with Gasteiger partial charge in [0, 0.05) is 12.8 Å². The highest BCUT2D eigenvalue weighted by molar-refractivity contribution is 6.01. The Morgan fingerprint density at radius 1 is 0.800 bits per heavy atom. The minimum atomic E-state index is -4.88. The molecule has 0 N–H and O–H groups in total. The SMILES string of the molecule is O=C1CC(=O)CC(C2C[C@H]2c2cc(C(F)(F)F)cc(C(F)(F)F)c2)C1. The zero-order valence-corrected chi connectivity index (χ0v) is 12.9. The van der Waals surface area contributed by atoms with Gasteiger partial charge in [-0.2, -0.15) is 26.3 Å². The molecule has 8 heteroatoms. The smallest absolute Gasteiger partial charge is 0.299 e. The molecule has 0 aromatic heterocycles. The van der Waals surface area contributed by atoms with Crippen molar-refractivity contribution in [2.75, 3.05) is 0 Å². The van der Waals surface area contributed by atoms with Crippen LogP contribution in [0.15, 0.2) is 18.2 Å². The molecule has 25 heavy (non-hydrogen) atoms. The van der Waals surface area contributed by atoms with Gasteiger partial charge in [0.2, 0.25) is 0 Å². The second kappa shape index (κ2) is 5.85. The summed E-state index contributed by atoms with van der Waals surface area (Å²) in [6.45, 7) is 0. The topological polar surface area (TPSA) is 34.1 Å². The molecule has 0 spiro atoms. The van der Waals surface area contributed by atoms with Crippen molar-refractivity contribution >= 4 is 11.6 Å². The number of alkyl halides is 6. The Morgan fingerprint density at radius 2 is 1.28 bits per heavy atom. The van der Waals surface area contributed by atoms with Crippen molar-refractivity contribution in [1.82, 2.24) is 0 Å². The predicted molar refractivity (Wildman–Crippen MR) is 74.6 cm³/mol. The number of halogens is 6. The molecule has 136 valence electrons. The highest BCUT2D eigenvalue weighted by Gasteiger charge is 2.47. The van der Waals surface area contributed by atoms with Crippen molar-refractivity contribution in [2.24, 2.45) is 11.8 Å². The molecule has 2 nitrogen and oxygen atoms in total. The maximum absolute atomic E-state index is 12.9. The molecule has 0 radical (unpaired) electrons. The summed E-state index contributed by atoms with van der Waals surface area (Å²) in [5.41, 5.74) is -2.70. The lowest BCUT2D eigenvalue weighted by Crippen LogP contribution is -2.24. The number of rotatable bonds is 2. The standard InChI is InChI=1S/C17H14F6O2/c18-16(19,20)10-1-8(2-11(5-10)17(21,22)23)14-7-15(14)9-3-12(24)6-13(25)4-9/h1-2,5,9,14-15H,3-4,6-7H2/t14-,15?/m0/s1. The van der Waals surface area contributed by atoms with E-state index in [1.807, 2.05) is 0 Å². The van der Waals surface area contributed by atoms with Crippen LogP contribution in [0.25, 0.3) is 0 Å². The van der Waals surface area contributed by atoms with Crippen molar-refractivity contribution < 1.29 is 35.9 Å². The first-order valence-electron chi connectivity index (χ1n) is 7.78. The number of carbonyl (C=O) groups is 2. The first-order valence-corrected chi connectivity index (χ1v) is 7.78. The predicted octanol–water partition coefficient (Wildman–Crippen LogP) is 4.77. The van der Waals surface area contributed by atoms with Crippen LogP contribution < -0.4 is 0 Å². The summed E-state index contributed by atoms with van der Waals surface area (Å²) >= 11 is 0. The molecule has 0 amide bonds. The van der Waals surface area contributed by atoms with E-state index in [2.05, 4.69) is 0 Å². The fourth-order valence-corrected chi connectivity index (χ4v) is 3.64. The maximum atomic E-state index is 12.9. The molecule has 0 bridgehead atoms. The number of hydrogen-bond acceptors (Lipinski definition) is 2. The van der Waals surface area contributed by atoms with Gasteiger partial charge in [-0.3, -0.25) is 9.59 Å². The second-order valence-electron chi connectivity index (χ2n) is 6.77. The monoisotopic (exact) mass is 364 g/mol. The maximum Gasteiger partial charge on any atom is 0.416 e. The number of Topliss-reactive ketones (excluding diaryl/α,β-unsaturated/α-hetero) is 2. The van der Waals surface area contributed by atoms with Crippen LogP contribution in [0.1, 0.15) is 48.3 Å². The lowest BCUT2D eigenvalue weighted by molar-refractivity contribution is -0.143. The van der Waals surface area contributed by atoms with E-state index >= 15 is 0 Å². The Kier molecular flexibility index (Phi) is 4.20. The Morgan fingerprint density at radius 3 is 1.72 bits per heavy atom. The molecule has 2 fully saturated rings. The normalized spacial score (nSPS) is 25.4. The van der Waals surface area contributed by atoms with Crippen molar-refractivity contribution in [1.29, 1.82) is 0 Å². The third kappa shape index (κ3) is 3.88. The molecule has 0 aliphatic heterocycles. The van der Waals surface area contributed by atoms with Crippen LogP contribution in [0, 0.1) is 11.8 Å². The molecular formula is C17H14F6O2. The average molecular weight is 364 g/mol. The zero-order valence-electron chi connectivity index (χ0n) is 12.9. The van der Waals surface area contributed by atoms with Crippen LogP contribution in [0.3, 0.4) is 0 Å². The Labute approximate surface area is 139 Å². The van der Waals surface area contributed by atoms with Gasteiger partial charge < -0.3 is 0 Å². The number of benzene rings is 1. The van der Waals surface area contributed by atoms with Gasteiger partial charge in [0.1, 0.15) is 11.6 Å². The van der Waals surface area contributed by atoms with Crippen LogP contribution in [0.2, 0.25) is 0 Å². The van der Waals surface area contributed by atoms with Gasteiger partial charge in [-0.1, -0.05) is 0 Å². The van der Waals surface area contributed by atoms with E-state index in [1.165, 1.54) is 0 Å². The Bertz CT molecular complexity index is 671. The van der Waals surface area contributed by atoms with Crippen LogP contribution in [-0.2, 0) is 21.9 Å². The van der Waals surface area contributed by atoms with E-state index in [0.717, 1.165) is 12.1 Å². The highest BCUT2D eigenvalue weighted by Crippen LogP contribution is 2.55. The van der Waals surface area contributed by atoms with Crippen molar-refractivity contribution in [3.05, 3.63) is 34.9 Å². The zero-order chi connectivity index (χ0) is 18.6. The van der Waals surface area contributed by atoms with Crippen LogP contribution in [-0.4, -0.2) is 11.6 Å². The summed E-state index contributed by atoms with van der Waals surface area (Å²) in [7, 11) is 0. The first-order chi connectivity index (χ1) is 11.4. The quantitative estimate of drug-likeness (QED) is 0.560. The van der Waals surface area contributed by atoms with Gasteiger partial charge in [-0.15, -0.1) is 0 Å². The molecule has 1 aromatic rings. The van der Waals surface area contributed by atoms with Crippen molar-refractivity contribution in [3.63, 3.8) is 0 Å². The average Bonchev–Trinajstić information content (AvgIpc) is 3.24. The van der Waals surface area contributed by atoms with Gasteiger partial charge >= 0.3 is 12.4 Å². The molecule has 0 saturated heterocycles. The van der Waals surface area contributed by atoms with Crippen molar-refractivity contribution in [2.45, 2.75) is 44.0 Å². The number of ketones is 2. The second-order valence-corrected chi connectivity index (χ2v) is 6.77. The van der Waals surface area contributed by atoms with Gasteiger partial charge in [0.25, 0.3) is 0 Å². The molecule has 3 rings (SSSR count). The fourth-order valence-electron chi connectivity index (χ4n) is 3.64. The minimum Gasteiger partial charge on any atom is -0.299 e. The largest absolute Gasteiger partial charge is 0.416 e. The molecule has 2 atom stereocenters. The van der Waals surface area contributed by atoms with Gasteiger partial charge in [-0.25, -0.2) is 0 Å². The molecule has 2 aliphatic carbocycles. The third-order valence-corrected chi connectivity index (χ3v) is 4.86. The van der Waals surface area contributed by atoms with Crippen LogP contribution in [0.4, 0.5) is 26.3 Å². The number of carbonyl (C=O) groups excluding carboxylic acids is 2. The first kappa shape index (κ1) is 17.9. The van der Waals surface area contributed by atoms with Crippen LogP contribution >= 0.6 is 0 Å². The molecule has 2 aliphatic rings. The van der Waals surface area contributed by atoms with Gasteiger partial charge in [0.15, 0.2) is 0 Å². The summed E-state index contributed by atoms with van der Waals surface area (Å²) in [6.07, 6.45) is -9.16. The summed E-state index contributed by atoms with van der Waals surface area (Å²) in [5.74, 6) is -1.42. The van der Waals surface area contributed by atoms with Crippen molar-refractivity contribution in [3.8, 4) is 0 Å². The Balaban J connectivity index is 1.88. The molecule has 1 aromatic carbocycles. The molecule has 1 unspecified atom stereocenters. The van der Waals surface area contributed by atoms with Crippen LogP contribution in [0.5, 0.6) is 0 Å². The highest BCUT2D eigenvalue weighted by atomic mass is 19.4. The fraction of sp³-hybridized carbons (Fsp3) is 0.529. The summed E-state index contributed by atoms with van der Waals surface area (Å²) in [4.78, 5) is 23.0. The lowest BCUT2D eigenvalue weighted by Gasteiger charge is -2.20. The molecular weight excluding hydrogens is 350 g/mol. The van der Waals surface area contributed by atoms with E-state index in [-0.39, 0.29) is 54.3 Å². The molecule has 2 saturated carbocycles. The van der Waals surface area contributed by atoms with E-state index in [1.54, 1.807) is 0 Å². The van der Waals surface area contributed by atoms with E-state index in [0.29, 0.717) is 6.42 Å². The summed E-state index contributed by atoms with van der Waals surface area (Å²) in [6, 6.07) is 1.59. The number of hydrogen-bond donors (Lipinski definition) is 0. The third-order valence-electron chi connectivity index (χ3n) is 4.86. The van der Waals surface area contributed by atoms with Gasteiger partial charge in [0.05, 0.1) is 17.5 Å². The van der Waals surface area contributed by atoms with E-state index in [4.69, 9.17) is 0 Å². The minimum absolute atomic E-state index is 0.0300. The summed E-state index contributed by atoms with van der Waals surface area (Å²) in [5, 5.41) is 0. The summed E-state index contributed by atoms with van der Waals surface area (Å²) < 4.78 is 77.5. The molecule has 0 heterocycles. The Hall–Kier alpha value is -1.86. The van der Waals surface area contributed by atoms with E-state index < -0.39 is 29.4 Å².